The van der Waals surface area contributed by atoms with Gasteiger partial charge in [0, 0.05) is 10.5 Å². The number of aliphatic carboxylic acids is 1. The molecular formula is C13H12BrNO3. The Morgan fingerprint density at radius 3 is 2.61 bits per heavy atom. The third kappa shape index (κ3) is 2.79. The fourth-order valence-electron chi connectivity index (χ4n) is 1.88. The molecule has 0 saturated carbocycles. The van der Waals surface area contributed by atoms with Gasteiger partial charge in [0.1, 0.15) is 0 Å². The summed E-state index contributed by atoms with van der Waals surface area (Å²) < 4.78 is 0.722. The van der Waals surface area contributed by atoms with Gasteiger partial charge in [-0.25, -0.2) is 0 Å². The van der Waals surface area contributed by atoms with Crippen LogP contribution in [0.1, 0.15) is 16.8 Å². The molecule has 94 valence electrons. The van der Waals surface area contributed by atoms with E-state index in [4.69, 9.17) is 5.11 Å². The lowest BCUT2D eigenvalue weighted by atomic mass is 10.1. The predicted molar refractivity (Wildman–Crippen MR) is 70.3 cm³/mol. The molecule has 2 rings (SSSR count). The first-order valence-electron chi connectivity index (χ1n) is 5.54. The summed E-state index contributed by atoms with van der Waals surface area (Å²) in [6.45, 7) is 0. The first-order valence-corrected chi connectivity index (χ1v) is 6.34. The van der Waals surface area contributed by atoms with E-state index in [1.807, 2.05) is 6.07 Å². The van der Waals surface area contributed by atoms with Gasteiger partial charge >= 0.3 is 5.97 Å². The number of carbonyl (C=O) groups excluding carboxylic acids is 1. The molecule has 4 nitrogen and oxygen atoms in total. The van der Waals surface area contributed by atoms with Crippen molar-refractivity contribution >= 4 is 27.8 Å². The monoisotopic (exact) mass is 309 g/mol. The van der Waals surface area contributed by atoms with Crippen LogP contribution in [0.2, 0.25) is 0 Å². The number of carboxylic acids is 1. The fraction of sp³-hybridized carbons (Fsp3) is 0.231. The molecule has 1 aromatic carbocycles. The van der Waals surface area contributed by atoms with E-state index >= 15 is 0 Å². The van der Waals surface area contributed by atoms with Crippen LogP contribution < -0.4 is 5.32 Å². The first-order chi connectivity index (χ1) is 8.58. The predicted octanol–water partition coefficient (Wildman–Crippen LogP) is 2.21. The molecule has 0 aromatic heterocycles. The minimum absolute atomic E-state index is 0.205. The number of carbonyl (C=O) groups is 2. The number of carboxylic acid groups (broad SMARTS) is 1. The van der Waals surface area contributed by atoms with Gasteiger partial charge in [-0.1, -0.05) is 24.3 Å². The van der Waals surface area contributed by atoms with Crippen LogP contribution in [0.15, 0.2) is 40.9 Å². The van der Waals surface area contributed by atoms with Crippen molar-refractivity contribution in [3.05, 3.63) is 46.5 Å². The lowest BCUT2D eigenvalue weighted by Crippen LogP contribution is -2.33. The van der Waals surface area contributed by atoms with Gasteiger partial charge in [0.15, 0.2) is 0 Å². The first kappa shape index (κ1) is 12.8. The van der Waals surface area contributed by atoms with E-state index in [2.05, 4.69) is 21.2 Å². The zero-order valence-corrected chi connectivity index (χ0v) is 11.1. The second-order valence-electron chi connectivity index (χ2n) is 4.13. The quantitative estimate of drug-likeness (QED) is 0.841. The highest BCUT2D eigenvalue weighted by Crippen LogP contribution is 2.20. The average Bonchev–Trinajstić information content (AvgIpc) is 2.78. The Labute approximate surface area is 113 Å². The highest BCUT2D eigenvalue weighted by atomic mass is 79.9. The van der Waals surface area contributed by atoms with Gasteiger partial charge in [-0.2, -0.15) is 0 Å². The van der Waals surface area contributed by atoms with Gasteiger partial charge < -0.3 is 10.4 Å². The molecule has 18 heavy (non-hydrogen) atoms. The van der Waals surface area contributed by atoms with Crippen LogP contribution in [0, 0.1) is 5.92 Å². The second-order valence-corrected chi connectivity index (χ2v) is 4.98. The van der Waals surface area contributed by atoms with Gasteiger partial charge in [0.2, 0.25) is 0 Å². The van der Waals surface area contributed by atoms with Crippen molar-refractivity contribution in [2.24, 2.45) is 5.92 Å². The van der Waals surface area contributed by atoms with Crippen molar-refractivity contribution < 1.29 is 14.7 Å². The van der Waals surface area contributed by atoms with E-state index in [1.54, 1.807) is 30.4 Å². The number of hydrogen-bond donors (Lipinski definition) is 2. The van der Waals surface area contributed by atoms with E-state index in [1.165, 1.54) is 0 Å². The summed E-state index contributed by atoms with van der Waals surface area (Å²) >= 11 is 3.31. The van der Waals surface area contributed by atoms with E-state index in [-0.39, 0.29) is 11.9 Å². The summed E-state index contributed by atoms with van der Waals surface area (Å²) in [7, 11) is 0. The number of rotatable bonds is 3. The molecule has 1 aromatic rings. The lowest BCUT2D eigenvalue weighted by Gasteiger charge is -2.12. The van der Waals surface area contributed by atoms with Crippen LogP contribution in [0.3, 0.4) is 0 Å². The molecule has 2 unspecified atom stereocenters. The molecule has 0 heterocycles. The van der Waals surface area contributed by atoms with Crippen molar-refractivity contribution in [1.29, 1.82) is 0 Å². The zero-order chi connectivity index (χ0) is 13.1. The van der Waals surface area contributed by atoms with Crippen LogP contribution in [0.5, 0.6) is 0 Å². The molecule has 0 spiro atoms. The number of amides is 1. The van der Waals surface area contributed by atoms with E-state index < -0.39 is 11.9 Å². The molecule has 0 aliphatic heterocycles. The number of nitrogens with one attached hydrogen (secondary N) is 1. The SMILES string of the molecule is O=C(NC1C=CC(C(=O)O)C1)c1ccccc1Br. The third-order valence-corrected chi connectivity index (χ3v) is 3.53. The van der Waals surface area contributed by atoms with E-state index in [0.29, 0.717) is 12.0 Å². The number of benzene rings is 1. The maximum absolute atomic E-state index is 12.0. The van der Waals surface area contributed by atoms with Crippen LogP contribution in [0.25, 0.3) is 0 Å². The molecule has 0 saturated heterocycles. The van der Waals surface area contributed by atoms with Crippen LogP contribution in [0.4, 0.5) is 0 Å². The molecule has 5 heteroatoms. The van der Waals surface area contributed by atoms with Crippen molar-refractivity contribution in [3.63, 3.8) is 0 Å². The van der Waals surface area contributed by atoms with Crippen molar-refractivity contribution in [3.8, 4) is 0 Å². The van der Waals surface area contributed by atoms with Gasteiger partial charge in [0.25, 0.3) is 5.91 Å². The van der Waals surface area contributed by atoms with Crippen LogP contribution >= 0.6 is 15.9 Å². The Morgan fingerprint density at radius 1 is 1.28 bits per heavy atom. The highest BCUT2D eigenvalue weighted by Gasteiger charge is 2.25. The molecule has 2 atom stereocenters. The summed E-state index contributed by atoms with van der Waals surface area (Å²) in [5, 5.41) is 11.7. The maximum Gasteiger partial charge on any atom is 0.310 e. The van der Waals surface area contributed by atoms with Crippen molar-refractivity contribution in [1.82, 2.24) is 5.32 Å². The smallest absolute Gasteiger partial charge is 0.310 e. The van der Waals surface area contributed by atoms with Crippen molar-refractivity contribution in [2.45, 2.75) is 12.5 Å². The topological polar surface area (TPSA) is 66.4 Å². The maximum atomic E-state index is 12.0. The second kappa shape index (κ2) is 5.35. The molecule has 0 bridgehead atoms. The molecule has 1 aliphatic carbocycles. The van der Waals surface area contributed by atoms with Crippen LogP contribution in [-0.4, -0.2) is 23.0 Å². The summed E-state index contributed by atoms with van der Waals surface area (Å²) in [5.41, 5.74) is 0.546. The van der Waals surface area contributed by atoms with Gasteiger partial charge in [-0.15, -0.1) is 0 Å². The Bertz CT molecular complexity index is 513. The zero-order valence-electron chi connectivity index (χ0n) is 9.47. The molecular weight excluding hydrogens is 298 g/mol. The molecule has 0 fully saturated rings. The van der Waals surface area contributed by atoms with Gasteiger partial charge in [-0.05, 0) is 34.5 Å². The summed E-state index contributed by atoms with van der Waals surface area (Å²) in [6.07, 6.45) is 3.76. The molecule has 1 amide bonds. The average molecular weight is 310 g/mol. The van der Waals surface area contributed by atoms with Crippen LogP contribution in [-0.2, 0) is 4.79 Å². The van der Waals surface area contributed by atoms with Gasteiger partial charge in [0.05, 0.1) is 11.5 Å². The standard InChI is InChI=1S/C13H12BrNO3/c14-11-4-2-1-3-10(11)12(16)15-9-6-5-8(7-9)13(17)18/h1-6,8-9H,7H2,(H,15,16)(H,17,18). The largest absolute Gasteiger partial charge is 0.481 e. The lowest BCUT2D eigenvalue weighted by molar-refractivity contribution is -0.140. The molecule has 0 radical (unpaired) electrons. The summed E-state index contributed by atoms with van der Waals surface area (Å²) in [6, 6.07) is 6.90. The normalized spacial score (nSPS) is 21.8. The Hall–Kier alpha value is -1.62. The van der Waals surface area contributed by atoms with E-state index in [9.17, 15) is 9.59 Å². The Kier molecular flexibility index (Phi) is 3.81. The summed E-state index contributed by atoms with van der Waals surface area (Å²) in [5.74, 6) is -1.57. The molecule has 2 N–H and O–H groups in total. The third-order valence-electron chi connectivity index (χ3n) is 2.84. The minimum Gasteiger partial charge on any atom is -0.481 e. The van der Waals surface area contributed by atoms with Crippen molar-refractivity contribution in [2.75, 3.05) is 0 Å². The highest BCUT2D eigenvalue weighted by molar-refractivity contribution is 9.10. The number of hydrogen-bond acceptors (Lipinski definition) is 2. The number of halogens is 1. The Morgan fingerprint density at radius 2 is 2.00 bits per heavy atom. The van der Waals surface area contributed by atoms with E-state index in [0.717, 1.165) is 4.47 Å². The molecule has 1 aliphatic rings. The Balaban J connectivity index is 2.00. The summed E-state index contributed by atoms with van der Waals surface area (Å²) in [4.78, 5) is 22.8. The minimum atomic E-state index is -0.858. The van der Waals surface area contributed by atoms with Gasteiger partial charge in [-0.3, -0.25) is 9.59 Å². The fourth-order valence-corrected chi connectivity index (χ4v) is 2.35.